The third-order valence-electron chi connectivity index (χ3n) is 8.72. The Kier molecular flexibility index (Phi) is 6.21. The Balaban J connectivity index is 1.38. The first-order valence-corrected chi connectivity index (χ1v) is 14.1. The second-order valence-electron chi connectivity index (χ2n) is 10.9. The number of benzene rings is 4. The molecule has 8 rings (SSSR count). The third kappa shape index (κ3) is 3.92. The number of nitrogens with one attached hydrogen (secondary N) is 1. The van der Waals surface area contributed by atoms with E-state index in [9.17, 15) is 24.5 Å². The number of hydrazone groups is 1. The molecule has 3 aliphatic carbocycles. The maximum atomic E-state index is 14.5. The average Bonchev–Trinajstić information content (AvgIpc) is 3.28. The van der Waals surface area contributed by atoms with E-state index in [4.69, 9.17) is 11.6 Å². The molecule has 10 heteroatoms. The number of amides is 3. The third-order valence-corrected chi connectivity index (χ3v) is 8.96. The van der Waals surface area contributed by atoms with Crippen LogP contribution in [0, 0.1) is 22.0 Å². The van der Waals surface area contributed by atoms with E-state index in [0.29, 0.717) is 0 Å². The van der Waals surface area contributed by atoms with Crippen molar-refractivity contribution in [3.63, 3.8) is 0 Å². The number of hydrogen-bond acceptors (Lipinski definition) is 6. The van der Waals surface area contributed by atoms with E-state index < -0.39 is 45.6 Å². The quantitative estimate of drug-likeness (QED) is 0.144. The van der Waals surface area contributed by atoms with E-state index in [1.807, 2.05) is 78.9 Å². The van der Waals surface area contributed by atoms with E-state index in [0.717, 1.165) is 38.8 Å². The molecule has 4 aromatic rings. The van der Waals surface area contributed by atoms with Crippen LogP contribution in [0.2, 0.25) is 5.02 Å². The predicted octanol–water partition coefficient (Wildman–Crippen LogP) is 5.14. The number of nitrogens with zero attached hydrogens (tertiary/aromatic N) is 3. The molecule has 3 amide bonds. The molecule has 1 N–H and O–H groups in total. The second-order valence-corrected chi connectivity index (χ2v) is 11.3. The molecule has 43 heavy (non-hydrogen) atoms. The second kappa shape index (κ2) is 9.99. The van der Waals surface area contributed by atoms with Gasteiger partial charge < -0.3 is 0 Å². The Labute approximate surface area is 250 Å². The highest BCUT2D eigenvalue weighted by Crippen LogP contribution is 2.64. The molecular weight excluding hydrogens is 568 g/mol. The average molecular weight is 591 g/mol. The number of imide groups is 1. The van der Waals surface area contributed by atoms with E-state index >= 15 is 0 Å². The van der Waals surface area contributed by atoms with Crippen molar-refractivity contribution >= 4 is 46.9 Å². The van der Waals surface area contributed by atoms with Crippen LogP contribution in [0.4, 0.5) is 11.4 Å². The smallest absolute Gasteiger partial charge is 0.274 e. The van der Waals surface area contributed by atoms with Crippen LogP contribution in [0.3, 0.4) is 0 Å². The molecule has 1 heterocycles. The highest BCUT2D eigenvalue weighted by Gasteiger charge is 2.68. The molecule has 1 aliphatic heterocycles. The number of halogens is 1. The molecule has 4 aliphatic rings. The van der Waals surface area contributed by atoms with Gasteiger partial charge in [0, 0.05) is 23.2 Å². The number of carbonyl (C=O) groups excluding carboxylic acids is 3. The van der Waals surface area contributed by atoms with Crippen molar-refractivity contribution in [2.75, 3.05) is 4.90 Å². The van der Waals surface area contributed by atoms with Crippen molar-refractivity contribution in [2.45, 2.75) is 17.8 Å². The van der Waals surface area contributed by atoms with Gasteiger partial charge in [-0.3, -0.25) is 24.5 Å². The van der Waals surface area contributed by atoms with Crippen LogP contribution in [0.5, 0.6) is 0 Å². The van der Waals surface area contributed by atoms with Crippen molar-refractivity contribution in [1.29, 1.82) is 0 Å². The van der Waals surface area contributed by atoms with Crippen LogP contribution < -0.4 is 10.3 Å². The molecule has 0 spiro atoms. The summed E-state index contributed by atoms with van der Waals surface area (Å²) in [6.07, 6.45) is 1.67. The number of carbonyl (C=O) groups is 3. The van der Waals surface area contributed by atoms with Crippen molar-refractivity contribution in [3.05, 3.63) is 140 Å². The van der Waals surface area contributed by atoms with Crippen molar-refractivity contribution < 1.29 is 19.3 Å². The monoisotopic (exact) mass is 590 g/mol. The fourth-order valence-electron chi connectivity index (χ4n) is 7.15. The Morgan fingerprint density at radius 2 is 1.56 bits per heavy atom. The summed E-state index contributed by atoms with van der Waals surface area (Å²) in [6.45, 7) is 0. The van der Waals surface area contributed by atoms with E-state index in [1.165, 1.54) is 12.1 Å². The highest BCUT2D eigenvalue weighted by atomic mass is 35.5. The largest absolute Gasteiger partial charge is 0.294 e. The van der Waals surface area contributed by atoms with Crippen LogP contribution in [0.25, 0.3) is 0 Å². The van der Waals surface area contributed by atoms with Gasteiger partial charge in [-0.1, -0.05) is 90.5 Å². The summed E-state index contributed by atoms with van der Waals surface area (Å²) < 4.78 is 0. The van der Waals surface area contributed by atoms with Crippen molar-refractivity contribution in [3.8, 4) is 0 Å². The number of nitro groups is 1. The van der Waals surface area contributed by atoms with Crippen LogP contribution in [0.15, 0.2) is 102 Å². The van der Waals surface area contributed by atoms with E-state index in [1.54, 1.807) is 6.21 Å². The molecule has 2 bridgehead atoms. The van der Waals surface area contributed by atoms with Gasteiger partial charge in [0.2, 0.25) is 17.7 Å². The summed E-state index contributed by atoms with van der Waals surface area (Å²) in [6, 6.07) is 28.3. The molecule has 2 atom stereocenters. The summed E-state index contributed by atoms with van der Waals surface area (Å²) in [5.41, 5.74) is 4.98. The first-order valence-electron chi connectivity index (χ1n) is 13.7. The lowest BCUT2D eigenvalue weighted by atomic mass is 9.47. The van der Waals surface area contributed by atoms with Gasteiger partial charge in [-0.2, -0.15) is 5.10 Å². The minimum absolute atomic E-state index is 0.109. The Morgan fingerprint density at radius 3 is 2.21 bits per heavy atom. The summed E-state index contributed by atoms with van der Waals surface area (Å²) in [7, 11) is 0. The lowest BCUT2D eigenvalue weighted by Gasteiger charge is -2.52. The number of rotatable bonds is 6. The Hall–Kier alpha value is -5.15. The molecule has 1 fully saturated rings. The van der Waals surface area contributed by atoms with E-state index in [-0.39, 0.29) is 23.0 Å². The van der Waals surface area contributed by atoms with Gasteiger partial charge in [-0.15, -0.1) is 0 Å². The first kappa shape index (κ1) is 26.7. The Bertz CT molecular complexity index is 1830. The van der Waals surface area contributed by atoms with Gasteiger partial charge in [0.1, 0.15) is 5.69 Å². The SMILES string of the molecule is O=C(Cc1ccccc1)N/N=C\C12c3ccccc3C(c3ccccc31)[C@H]1C(=O)N(c3ccc(Cl)cc3[N+](=O)[O-])C(=O)[C@H]12. The van der Waals surface area contributed by atoms with Gasteiger partial charge in [-0.25, -0.2) is 10.3 Å². The van der Waals surface area contributed by atoms with Gasteiger partial charge in [0.05, 0.1) is 28.6 Å². The summed E-state index contributed by atoms with van der Waals surface area (Å²) in [4.78, 5) is 53.9. The fourth-order valence-corrected chi connectivity index (χ4v) is 7.31. The number of nitro benzene ring substituents is 1. The minimum atomic E-state index is -1.23. The van der Waals surface area contributed by atoms with Gasteiger partial charge >= 0.3 is 0 Å². The zero-order valence-electron chi connectivity index (χ0n) is 22.5. The van der Waals surface area contributed by atoms with Gasteiger partial charge in [0.25, 0.3) is 5.69 Å². The fraction of sp³-hybridized carbons (Fsp3) is 0.152. The summed E-state index contributed by atoms with van der Waals surface area (Å²) in [5.74, 6) is -3.70. The number of hydrogen-bond donors (Lipinski definition) is 1. The molecule has 0 unspecified atom stereocenters. The molecule has 9 nitrogen and oxygen atoms in total. The summed E-state index contributed by atoms with van der Waals surface area (Å²) in [5, 5.41) is 16.5. The molecule has 0 saturated carbocycles. The molecule has 4 aromatic carbocycles. The van der Waals surface area contributed by atoms with Crippen LogP contribution in [0.1, 0.15) is 33.7 Å². The topological polar surface area (TPSA) is 122 Å². The van der Waals surface area contributed by atoms with Gasteiger partial charge in [-0.05, 0) is 39.9 Å². The van der Waals surface area contributed by atoms with Crippen LogP contribution in [-0.4, -0.2) is 28.9 Å². The lowest BCUT2D eigenvalue weighted by molar-refractivity contribution is -0.384. The molecule has 212 valence electrons. The number of anilines is 1. The predicted molar refractivity (Wildman–Crippen MR) is 160 cm³/mol. The van der Waals surface area contributed by atoms with Crippen LogP contribution in [-0.2, 0) is 26.2 Å². The van der Waals surface area contributed by atoms with Crippen LogP contribution >= 0.6 is 11.6 Å². The van der Waals surface area contributed by atoms with Gasteiger partial charge in [0.15, 0.2) is 0 Å². The molecule has 0 radical (unpaired) electrons. The molecular formula is C33H23ClN4O5. The molecule has 1 saturated heterocycles. The minimum Gasteiger partial charge on any atom is -0.274 e. The first-order chi connectivity index (χ1) is 20.8. The van der Waals surface area contributed by atoms with E-state index in [2.05, 4.69) is 10.5 Å². The van der Waals surface area contributed by atoms with Crippen molar-refractivity contribution in [1.82, 2.24) is 5.43 Å². The molecule has 0 aromatic heterocycles. The van der Waals surface area contributed by atoms with Crippen molar-refractivity contribution in [2.24, 2.45) is 16.9 Å². The highest BCUT2D eigenvalue weighted by molar-refractivity contribution is 6.31. The summed E-state index contributed by atoms with van der Waals surface area (Å²) >= 11 is 6.05. The zero-order valence-corrected chi connectivity index (χ0v) is 23.3. The maximum Gasteiger partial charge on any atom is 0.294 e. The lowest BCUT2D eigenvalue weighted by Crippen LogP contribution is -2.54. The zero-order chi connectivity index (χ0) is 29.9. The maximum absolute atomic E-state index is 14.5. The Morgan fingerprint density at radius 1 is 0.930 bits per heavy atom. The standard InChI is InChI=1S/C33H23ClN4O5/c34-20-14-15-25(26(17-20)38(42)43)37-31(40)29-28-21-10-4-6-12-23(21)33(30(29)32(37)41,24-13-7-5-11-22(24)28)18-35-36-27(39)16-19-8-2-1-3-9-19/h1-15,17-18,28-30H,16H2,(H,36,39)/b35-18-/t28?,29-,30+,33?/m1/s1. The normalized spacial score (nSPS) is 23.2.